The summed E-state index contributed by atoms with van der Waals surface area (Å²) in [6.07, 6.45) is 4.94. The number of hydrogen-bond acceptors (Lipinski definition) is 4. The summed E-state index contributed by atoms with van der Waals surface area (Å²) in [5.74, 6) is -1.14. The lowest BCUT2D eigenvalue weighted by atomic mass is 10.1. The molecule has 0 aliphatic heterocycles. The quantitative estimate of drug-likeness (QED) is 0.342. The molecule has 4 nitrogen and oxygen atoms in total. The predicted molar refractivity (Wildman–Crippen MR) is 110 cm³/mol. The Labute approximate surface area is 172 Å². The van der Waals surface area contributed by atoms with Crippen LogP contribution in [0.25, 0.3) is 6.08 Å². The maximum atomic E-state index is 12.3. The number of carbonyl (C=O) groups is 2. The van der Waals surface area contributed by atoms with E-state index >= 15 is 0 Å². The van der Waals surface area contributed by atoms with Gasteiger partial charge in [-0.3, -0.25) is 4.79 Å². The van der Waals surface area contributed by atoms with Crippen LogP contribution in [-0.4, -0.2) is 28.7 Å². The molecule has 0 saturated carbocycles. The highest BCUT2D eigenvalue weighted by Crippen LogP contribution is 2.37. The van der Waals surface area contributed by atoms with Crippen LogP contribution < -0.4 is 4.74 Å². The number of thioether (sulfide) groups is 1. The van der Waals surface area contributed by atoms with Crippen LogP contribution >= 0.6 is 35.0 Å². The fraction of sp³-hybridized carbons (Fsp3) is 0.200. The van der Waals surface area contributed by atoms with Gasteiger partial charge in [0.05, 0.1) is 5.02 Å². The fourth-order valence-corrected chi connectivity index (χ4v) is 2.93. The molecule has 2 aromatic rings. The average Bonchev–Trinajstić information content (AvgIpc) is 2.64. The zero-order valence-electron chi connectivity index (χ0n) is 15.0. The molecule has 0 heterocycles. The Morgan fingerprint density at radius 2 is 1.70 bits per heavy atom. The van der Waals surface area contributed by atoms with Gasteiger partial charge in [0.1, 0.15) is 10.8 Å². The van der Waals surface area contributed by atoms with E-state index < -0.39 is 11.6 Å². The van der Waals surface area contributed by atoms with E-state index in [1.807, 2.05) is 18.4 Å². The molecule has 0 amide bonds. The number of carboxylic acids is 1. The first kappa shape index (κ1) is 21.4. The molecule has 0 aliphatic carbocycles. The van der Waals surface area contributed by atoms with Gasteiger partial charge in [-0.1, -0.05) is 23.2 Å². The lowest BCUT2D eigenvalue weighted by Gasteiger charge is -2.22. The summed E-state index contributed by atoms with van der Waals surface area (Å²) in [5.41, 5.74) is -0.367. The van der Waals surface area contributed by atoms with Crippen molar-refractivity contribution in [3.05, 3.63) is 63.6 Å². The molecule has 2 aromatic carbocycles. The van der Waals surface area contributed by atoms with Gasteiger partial charge in [-0.05, 0) is 74.2 Å². The molecule has 0 bridgehead atoms. The Morgan fingerprint density at radius 3 is 2.26 bits per heavy atom. The molecule has 1 N–H and O–H groups in total. The number of rotatable bonds is 7. The Kier molecular flexibility index (Phi) is 6.98. The van der Waals surface area contributed by atoms with Gasteiger partial charge in [0, 0.05) is 10.5 Å². The van der Waals surface area contributed by atoms with E-state index in [0.717, 1.165) is 4.90 Å². The van der Waals surface area contributed by atoms with Gasteiger partial charge in [-0.2, -0.15) is 0 Å². The van der Waals surface area contributed by atoms with Crippen LogP contribution in [0.2, 0.25) is 10.0 Å². The Bertz CT molecular complexity index is 890. The first-order chi connectivity index (χ1) is 12.7. The minimum atomic E-state index is -1.46. The third kappa shape index (κ3) is 5.28. The molecular formula is C20H18Cl2O4S. The van der Waals surface area contributed by atoms with E-state index in [4.69, 9.17) is 33.0 Å². The van der Waals surface area contributed by atoms with Gasteiger partial charge in [0.25, 0.3) is 0 Å². The Balaban J connectivity index is 2.21. The van der Waals surface area contributed by atoms with Crippen LogP contribution in [0.4, 0.5) is 0 Å². The summed E-state index contributed by atoms with van der Waals surface area (Å²) in [6, 6.07) is 10.4. The number of carboxylic acid groups (broad SMARTS) is 1. The van der Waals surface area contributed by atoms with Crippen molar-refractivity contribution in [1.82, 2.24) is 0 Å². The third-order valence-electron chi connectivity index (χ3n) is 3.75. The number of hydrogen-bond donors (Lipinski definition) is 1. The smallest absolute Gasteiger partial charge is 0.347 e. The Hall–Kier alpha value is -1.95. The van der Waals surface area contributed by atoms with Crippen molar-refractivity contribution < 1.29 is 19.4 Å². The topological polar surface area (TPSA) is 63.6 Å². The molecule has 0 atom stereocenters. The molecule has 27 heavy (non-hydrogen) atoms. The number of ether oxygens (including phenoxy) is 1. The second kappa shape index (κ2) is 8.83. The van der Waals surface area contributed by atoms with Crippen molar-refractivity contribution in [3.8, 4) is 5.75 Å². The van der Waals surface area contributed by atoms with Crippen LogP contribution in [0.5, 0.6) is 5.75 Å². The summed E-state index contributed by atoms with van der Waals surface area (Å²) in [5, 5.41) is 9.42. The molecule has 7 heteroatoms. The molecule has 2 rings (SSSR count). The summed E-state index contributed by atoms with van der Waals surface area (Å²) in [6.45, 7) is 2.82. The van der Waals surface area contributed by atoms with Crippen molar-refractivity contribution in [3.63, 3.8) is 0 Å². The van der Waals surface area contributed by atoms with E-state index in [9.17, 15) is 9.59 Å². The SMILES string of the molecule is CSc1ccc(C(=O)C=Cc2ccc(OC(C)(C)C(=O)O)c(Cl)c2Cl)cc1. The standard InChI is InChI=1S/C20H18Cl2O4S/c1-20(2,19(24)25)26-16-11-7-13(17(21)18(16)22)6-10-15(23)12-4-8-14(27-3)9-5-12/h4-11H,1-3H3,(H,24,25). The molecule has 0 saturated heterocycles. The van der Waals surface area contributed by atoms with Crippen LogP contribution in [0, 0.1) is 0 Å². The van der Waals surface area contributed by atoms with E-state index in [2.05, 4.69) is 0 Å². The lowest BCUT2D eigenvalue weighted by molar-refractivity contribution is -0.152. The first-order valence-corrected chi connectivity index (χ1v) is 9.90. The van der Waals surface area contributed by atoms with Crippen LogP contribution in [0.3, 0.4) is 0 Å². The van der Waals surface area contributed by atoms with E-state index in [-0.39, 0.29) is 21.6 Å². The number of ketones is 1. The van der Waals surface area contributed by atoms with Crippen molar-refractivity contribution in [2.45, 2.75) is 24.3 Å². The van der Waals surface area contributed by atoms with Crippen molar-refractivity contribution >= 4 is 52.8 Å². The second-order valence-electron chi connectivity index (χ2n) is 6.12. The molecule has 0 aromatic heterocycles. The van der Waals surface area contributed by atoms with E-state index in [1.54, 1.807) is 36.0 Å². The lowest BCUT2D eigenvalue weighted by Crippen LogP contribution is -2.37. The van der Waals surface area contributed by atoms with Crippen LogP contribution in [0.1, 0.15) is 29.8 Å². The highest BCUT2D eigenvalue weighted by Gasteiger charge is 2.30. The first-order valence-electron chi connectivity index (χ1n) is 7.92. The van der Waals surface area contributed by atoms with E-state index in [0.29, 0.717) is 11.1 Å². The van der Waals surface area contributed by atoms with Crippen molar-refractivity contribution in [2.24, 2.45) is 0 Å². The Morgan fingerprint density at radius 1 is 1.07 bits per heavy atom. The van der Waals surface area contributed by atoms with Crippen molar-refractivity contribution in [2.75, 3.05) is 6.26 Å². The van der Waals surface area contributed by atoms with E-state index in [1.165, 1.54) is 26.0 Å². The highest BCUT2D eigenvalue weighted by molar-refractivity contribution is 7.98. The number of carbonyl (C=O) groups excluding carboxylic acids is 1. The van der Waals surface area contributed by atoms with Crippen molar-refractivity contribution in [1.29, 1.82) is 0 Å². The summed E-state index contributed by atoms with van der Waals surface area (Å²) < 4.78 is 5.44. The van der Waals surface area contributed by atoms with Gasteiger partial charge < -0.3 is 9.84 Å². The zero-order chi connectivity index (χ0) is 20.2. The zero-order valence-corrected chi connectivity index (χ0v) is 17.3. The largest absolute Gasteiger partial charge is 0.478 e. The number of benzene rings is 2. The molecule has 0 fully saturated rings. The normalized spacial score (nSPS) is 11.6. The second-order valence-corrected chi connectivity index (χ2v) is 7.76. The minimum Gasteiger partial charge on any atom is -0.478 e. The predicted octanol–water partition coefficient (Wildman–Crippen LogP) is 5.85. The molecule has 0 spiro atoms. The van der Waals surface area contributed by atoms with Gasteiger partial charge in [0.15, 0.2) is 11.4 Å². The minimum absolute atomic E-state index is 0.0879. The summed E-state index contributed by atoms with van der Waals surface area (Å²) in [7, 11) is 0. The molecule has 142 valence electrons. The van der Waals surface area contributed by atoms with Gasteiger partial charge >= 0.3 is 5.97 Å². The monoisotopic (exact) mass is 424 g/mol. The highest BCUT2D eigenvalue weighted by atomic mass is 35.5. The summed E-state index contributed by atoms with van der Waals surface area (Å²) >= 11 is 14.1. The van der Waals surface area contributed by atoms with Crippen LogP contribution in [-0.2, 0) is 4.79 Å². The molecular weight excluding hydrogens is 407 g/mol. The maximum absolute atomic E-state index is 12.3. The molecule has 0 aliphatic rings. The van der Waals surface area contributed by atoms with Gasteiger partial charge in [-0.15, -0.1) is 11.8 Å². The fourth-order valence-electron chi connectivity index (χ4n) is 2.09. The maximum Gasteiger partial charge on any atom is 0.347 e. The number of halogens is 2. The number of aliphatic carboxylic acids is 1. The van der Waals surface area contributed by atoms with Gasteiger partial charge in [-0.25, -0.2) is 4.79 Å². The molecule has 0 unspecified atom stereocenters. The third-order valence-corrected chi connectivity index (χ3v) is 5.37. The number of allylic oxidation sites excluding steroid dienone is 1. The molecule has 0 radical (unpaired) electrons. The van der Waals surface area contributed by atoms with Crippen LogP contribution in [0.15, 0.2) is 47.4 Å². The average molecular weight is 425 g/mol. The van der Waals surface area contributed by atoms with Gasteiger partial charge in [0.2, 0.25) is 0 Å². The summed E-state index contributed by atoms with van der Waals surface area (Å²) in [4.78, 5) is 24.5.